The molecule has 0 unspecified atom stereocenters. The molecule has 1 N–H and O–H groups in total. The lowest BCUT2D eigenvalue weighted by atomic mass is 10.2. The van der Waals surface area contributed by atoms with E-state index in [1.165, 1.54) is 0 Å². The van der Waals surface area contributed by atoms with Crippen molar-refractivity contribution in [2.45, 2.75) is 0 Å². The maximum Gasteiger partial charge on any atom is 0.262 e. The van der Waals surface area contributed by atoms with Gasteiger partial charge in [-0.25, -0.2) is 0 Å². The first-order valence-corrected chi connectivity index (χ1v) is 6.72. The molecule has 1 amide bonds. The summed E-state index contributed by atoms with van der Waals surface area (Å²) in [6.07, 6.45) is 0. The minimum atomic E-state index is -0.374. The second-order valence-corrected chi connectivity index (χ2v) is 4.86. The molecule has 0 aromatic heterocycles. The molecule has 0 spiro atoms. The van der Waals surface area contributed by atoms with Crippen LogP contribution in [-0.4, -0.2) is 12.5 Å². The molecule has 0 fully saturated rings. The Bertz CT molecular complexity index is 711. The molecule has 106 valence electrons. The number of amides is 1. The van der Waals surface area contributed by atoms with Gasteiger partial charge >= 0.3 is 0 Å². The lowest BCUT2D eigenvalue weighted by Crippen LogP contribution is -2.20. The lowest BCUT2D eigenvalue weighted by Gasteiger charge is -2.09. The first-order valence-electron chi connectivity index (χ1n) is 5.97. The monoisotopic (exact) mass is 320 g/mol. The fraction of sp³-hybridized carbons (Fsp3) is 0.0667. The van der Waals surface area contributed by atoms with Crippen molar-refractivity contribution < 1.29 is 9.53 Å². The van der Waals surface area contributed by atoms with Crippen molar-refractivity contribution in [2.75, 3.05) is 11.9 Å². The Morgan fingerprint density at radius 2 is 2.00 bits per heavy atom. The molecule has 6 heteroatoms. The van der Waals surface area contributed by atoms with E-state index in [9.17, 15) is 4.79 Å². The van der Waals surface area contributed by atoms with Crippen LogP contribution < -0.4 is 10.1 Å². The van der Waals surface area contributed by atoms with E-state index >= 15 is 0 Å². The smallest absolute Gasteiger partial charge is 0.262 e. The molecule has 0 bridgehead atoms. The molecule has 0 heterocycles. The maximum absolute atomic E-state index is 11.8. The molecule has 21 heavy (non-hydrogen) atoms. The van der Waals surface area contributed by atoms with E-state index in [0.29, 0.717) is 22.0 Å². The Balaban J connectivity index is 1.96. The summed E-state index contributed by atoms with van der Waals surface area (Å²) in [5.41, 5.74) is 0.884. The van der Waals surface area contributed by atoms with Gasteiger partial charge in [0.25, 0.3) is 5.91 Å². The van der Waals surface area contributed by atoms with Gasteiger partial charge in [0.2, 0.25) is 0 Å². The highest BCUT2D eigenvalue weighted by Crippen LogP contribution is 2.29. The van der Waals surface area contributed by atoms with E-state index in [-0.39, 0.29) is 17.5 Å². The molecular weight excluding hydrogens is 311 g/mol. The normalized spacial score (nSPS) is 9.76. The molecule has 2 aromatic carbocycles. The largest absolute Gasteiger partial charge is 0.484 e. The van der Waals surface area contributed by atoms with Crippen molar-refractivity contribution in [3.63, 3.8) is 0 Å². The van der Waals surface area contributed by atoms with Crippen LogP contribution in [0.15, 0.2) is 42.5 Å². The fourth-order valence-corrected chi connectivity index (χ4v) is 1.94. The van der Waals surface area contributed by atoms with E-state index in [4.69, 9.17) is 33.2 Å². The van der Waals surface area contributed by atoms with Crippen LogP contribution in [0.25, 0.3) is 0 Å². The highest BCUT2D eigenvalue weighted by molar-refractivity contribution is 6.43. The van der Waals surface area contributed by atoms with Gasteiger partial charge in [-0.15, -0.1) is 0 Å². The summed E-state index contributed by atoms with van der Waals surface area (Å²) >= 11 is 11.8. The molecular formula is C15H10Cl2N2O2. The van der Waals surface area contributed by atoms with Crippen molar-refractivity contribution in [1.82, 2.24) is 0 Å². The van der Waals surface area contributed by atoms with Crippen LogP contribution in [0.4, 0.5) is 5.69 Å². The quantitative estimate of drug-likeness (QED) is 0.929. The zero-order chi connectivity index (χ0) is 15.2. The predicted molar refractivity (Wildman–Crippen MR) is 81.7 cm³/mol. The van der Waals surface area contributed by atoms with Gasteiger partial charge in [0, 0.05) is 0 Å². The Kier molecular flexibility index (Phi) is 5.04. The first kappa shape index (κ1) is 15.2. The molecule has 0 atom stereocenters. The number of nitriles is 1. The minimum Gasteiger partial charge on any atom is -0.484 e. The average Bonchev–Trinajstić information content (AvgIpc) is 2.50. The zero-order valence-electron chi connectivity index (χ0n) is 10.8. The molecule has 0 aliphatic heterocycles. The van der Waals surface area contributed by atoms with Gasteiger partial charge in [-0.3, -0.25) is 4.79 Å². The zero-order valence-corrected chi connectivity index (χ0v) is 12.3. The molecule has 0 aliphatic carbocycles. The highest BCUT2D eigenvalue weighted by atomic mass is 35.5. The third-order valence-electron chi connectivity index (χ3n) is 2.56. The number of hydrogen-bond acceptors (Lipinski definition) is 3. The number of hydrogen-bond donors (Lipinski definition) is 1. The summed E-state index contributed by atoms with van der Waals surface area (Å²) in [6, 6.07) is 13.5. The van der Waals surface area contributed by atoms with Gasteiger partial charge in [0.1, 0.15) is 5.75 Å². The van der Waals surface area contributed by atoms with E-state index < -0.39 is 0 Å². The lowest BCUT2D eigenvalue weighted by molar-refractivity contribution is -0.118. The number of carbonyl (C=O) groups is 1. The van der Waals surface area contributed by atoms with Crippen molar-refractivity contribution in [1.29, 1.82) is 5.26 Å². The molecule has 0 aliphatic rings. The number of carbonyl (C=O) groups excluding carboxylic acids is 1. The molecule has 0 saturated heterocycles. The third kappa shape index (κ3) is 4.12. The van der Waals surface area contributed by atoms with Crippen molar-refractivity contribution in [3.8, 4) is 11.8 Å². The van der Waals surface area contributed by atoms with E-state index in [2.05, 4.69) is 5.32 Å². The number of rotatable bonds is 4. The van der Waals surface area contributed by atoms with E-state index in [0.717, 1.165) is 0 Å². The summed E-state index contributed by atoms with van der Waals surface area (Å²) in [7, 11) is 0. The number of nitrogens with zero attached hydrogens (tertiary/aromatic N) is 1. The Morgan fingerprint density at radius 1 is 1.24 bits per heavy atom. The van der Waals surface area contributed by atoms with Crippen LogP contribution in [0, 0.1) is 11.3 Å². The van der Waals surface area contributed by atoms with Crippen LogP contribution in [-0.2, 0) is 4.79 Å². The molecule has 2 rings (SSSR count). The van der Waals surface area contributed by atoms with Gasteiger partial charge in [-0.1, -0.05) is 35.3 Å². The van der Waals surface area contributed by atoms with Gasteiger partial charge < -0.3 is 10.1 Å². The van der Waals surface area contributed by atoms with Crippen LogP contribution in [0.5, 0.6) is 5.75 Å². The highest BCUT2D eigenvalue weighted by Gasteiger charge is 2.09. The number of halogens is 2. The number of anilines is 1. The Labute approximate surface area is 131 Å². The summed E-state index contributed by atoms with van der Waals surface area (Å²) < 4.78 is 5.31. The first-order chi connectivity index (χ1) is 10.1. The standard InChI is InChI=1S/C15H10Cl2N2O2/c16-12-5-2-6-13(15(12)17)19-14(20)9-21-11-4-1-3-10(7-11)8-18/h1-7H,9H2,(H,19,20). The van der Waals surface area contributed by atoms with E-state index in [1.807, 2.05) is 6.07 Å². The summed E-state index contributed by atoms with van der Waals surface area (Å²) in [5.74, 6) is 0.0721. The average molecular weight is 321 g/mol. The van der Waals surface area contributed by atoms with Crippen LogP contribution in [0.3, 0.4) is 0 Å². The topological polar surface area (TPSA) is 62.1 Å². The minimum absolute atomic E-state index is 0.197. The van der Waals surface area contributed by atoms with Crippen molar-refractivity contribution >= 4 is 34.8 Å². The van der Waals surface area contributed by atoms with Crippen LogP contribution in [0.2, 0.25) is 10.0 Å². The number of nitrogens with one attached hydrogen (secondary N) is 1. The van der Waals surface area contributed by atoms with E-state index in [1.54, 1.807) is 42.5 Å². The SMILES string of the molecule is N#Cc1cccc(OCC(=O)Nc2cccc(Cl)c2Cl)c1. The Morgan fingerprint density at radius 3 is 2.76 bits per heavy atom. The third-order valence-corrected chi connectivity index (χ3v) is 3.38. The number of benzene rings is 2. The van der Waals surface area contributed by atoms with Crippen molar-refractivity contribution in [3.05, 3.63) is 58.1 Å². The predicted octanol–water partition coefficient (Wildman–Crippen LogP) is 3.88. The summed E-state index contributed by atoms with van der Waals surface area (Å²) in [5, 5.41) is 12.0. The molecule has 4 nitrogen and oxygen atoms in total. The second-order valence-electron chi connectivity index (χ2n) is 4.08. The van der Waals surface area contributed by atoms with Gasteiger partial charge in [0.05, 0.1) is 27.4 Å². The second kappa shape index (κ2) is 6.98. The van der Waals surface area contributed by atoms with Crippen LogP contribution >= 0.6 is 23.2 Å². The van der Waals surface area contributed by atoms with Gasteiger partial charge in [-0.05, 0) is 30.3 Å². The van der Waals surface area contributed by atoms with Crippen molar-refractivity contribution in [2.24, 2.45) is 0 Å². The molecule has 2 aromatic rings. The Hall–Kier alpha value is -2.22. The number of ether oxygens (including phenoxy) is 1. The summed E-state index contributed by atoms with van der Waals surface area (Å²) in [6.45, 7) is -0.197. The maximum atomic E-state index is 11.8. The molecule has 0 radical (unpaired) electrons. The fourth-order valence-electron chi connectivity index (χ4n) is 1.59. The van der Waals surface area contributed by atoms with Crippen LogP contribution in [0.1, 0.15) is 5.56 Å². The van der Waals surface area contributed by atoms with Gasteiger partial charge in [0.15, 0.2) is 6.61 Å². The summed E-state index contributed by atoms with van der Waals surface area (Å²) in [4.78, 5) is 11.8. The molecule has 0 saturated carbocycles. The van der Waals surface area contributed by atoms with Gasteiger partial charge in [-0.2, -0.15) is 5.26 Å².